The Bertz CT molecular complexity index is 354. The summed E-state index contributed by atoms with van der Waals surface area (Å²) in [5, 5.41) is 7.86. The average Bonchev–Trinajstić information content (AvgIpc) is 3.02. The molecule has 1 aliphatic carbocycles. The van der Waals surface area contributed by atoms with Gasteiger partial charge in [0.25, 0.3) is 0 Å². The van der Waals surface area contributed by atoms with Gasteiger partial charge in [0.2, 0.25) is 5.28 Å². The van der Waals surface area contributed by atoms with E-state index in [1.54, 1.807) is 0 Å². The summed E-state index contributed by atoms with van der Waals surface area (Å²) in [5.41, 5.74) is 0. The highest BCUT2D eigenvalue weighted by Gasteiger charge is 2.31. The summed E-state index contributed by atoms with van der Waals surface area (Å²) in [6, 6.07) is 0.551. The van der Waals surface area contributed by atoms with E-state index in [0.717, 1.165) is 13.0 Å². The van der Waals surface area contributed by atoms with Crippen molar-refractivity contribution in [3.8, 4) is 0 Å². The molecule has 0 unspecified atom stereocenters. The lowest BCUT2D eigenvalue weighted by molar-refractivity contribution is 0.741. The maximum Gasteiger partial charge on any atom is 0.245 e. The Balaban J connectivity index is 2.27. The number of hydrogen-bond acceptors (Lipinski definition) is 4. The molecule has 0 aliphatic heterocycles. The van der Waals surface area contributed by atoms with Gasteiger partial charge in [-0.05, 0) is 30.9 Å². The molecule has 15 heavy (non-hydrogen) atoms. The van der Waals surface area contributed by atoms with Gasteiger partial charge < -0.3 is 4.90 Å². The largest absolute Gasteiger partial charge is 0.351 e. The molecule has 0 N–H and O–H groups in total. The molecule has 0 atom stereocenters. The lowest BCUT2D eigenvalue weighted by Crippen LogP contribution is -2.28. The van der Waals surface area contributed by atoms with Crippen LogP contribution in [0, 0.1) is 0 Å². The van der Waals surface area contributed by atoms with Gasteiger partial charge in [-0.2, -0.15) is 4.98 Å². The number of halogens is 2. The fraction of sp³-hybridized carbons (Fsp3) is 0.667. The zero-order chi connectivity index (χ0) is 10.8. The predicted octanol–water partition coefficient (Wildman–Crippen LogP) is 2.56. The second-order valence-electron chi connectivity index (χ2n) is 3.62. The Morgan fingerprint density at radius 1 is 1.33 bits per heavy atom. The van der Waals surface area contributed by atoms with Crippen LogP contribution in [-0.4, -0.2) is 27.8 Å². The molecular weight excluding hydrogens is 235 g/mol. The smallest absolute Gasteiger partial charge is 0.245 e. The summed E-state index contributed by atoms with van der Waals surface area (Å²) < 4.78 is 0. The van der Waals surface area contributed by atoms with E-state index in [0.29, 0.717) is 17.0 Å². The molecule has 0 radical (unpaired) electrons. The van der Waals surface area contributed by atoms with Gasteiger partial charge in [-0.3, -0.25) is 0 Å². The third kappa shape index (κ3) is 2.49. The van der Waals surface area contributed by atoms with Crippen LogP contribution in [0.5, 0.6) is 0 Å². The third-order valence-electron chi connectivity index (χ3n) is 2.33. The average molecular weight is 247 g/mol. The van der Waals surface area contributed by atoms with Crippen molar-refractivity contribution in [3.63, 3.8) is 0 Å². The van der Waals surface area contributed by atoms with Crippen molar-refractivity contribution >= 4 is 29.0 Å². The van der Waals surface area contributed by atoms with Crippen molar-refractivity contribution in [1.82, 2.24) is 15.2 Å². The topological polar surface area (TPSA) is 41.9 Å². The molecule has 1 saturated carbocycles. The van der Waals surface area contributed by atoms with E-state index in [4.69, 9.17) is 23.2 Å². The molecule has 6 heteroatoms. The number of rotatable bonds is 4. The molecule has 1 fully saturated rings. The Morgan fingerprint density at radius 3 is 2.67 bits per heavy atom. The molecule has 1 aromatic rings. The van der Waals surface area contributed by atoms with Crippen LogP contribution in [0.3, 0.4) is 0 Å². The highest BCUT2D eigenvalue weighted by molar-refractivity contribution is 6.32. The summed E-state index contributed by atoms with van der Waals surface area (Å²) in [7, 11) is 0. The standard InChI is InChI=1S/C9H12Cl2N4/c1-2-5-15(6-3-4-6)8-7(10)13-14-9(11)12-8/h6H,2-5H2,1H3. The van der Waals surface area contributed by atoms with Gasteiger partial charge in [0.05, 0.1) is 0 Å². The SMILES string of the molecule is CCCN(c1nc(Cl)nnc1Cl)C1CC1. The van der Waals surface area contributed by atoms with Crippen LogP contribution in [-0.2, 0) is 0 Å². The van der Waals surface area contributed by atoms with Crippen LogP contribution in [0.25, 0.3) is 0 Å². The lowest BCUT2D eigenvalue weighted by atomic mass is 10.4. The summed E-state index contributed by atoms with van der Waals surface area (Å²) in [4.78, 5) is 6.31. The maximum absolute atomic E-state index is 5.96. The van der Waals surface area contributed by atoms with Crippen LogP contribution in [0.15, 0.2) is 0 Å². The molecule has 4 nitrogen and oxygen atoms in total. The number of nitrogens with zero attached hydrogens (tertiary/aromatic N) is 4. The minimum absolute atomic E-state index is 0.149. The van der Waals surface area contributed by atoms with Gasteiger partial charge in [-0.25, -0.2) is 0 Å². The van der Waals surface area contributed by atoms with E-state index < -0.39 is 0 Å². The molecule has 82 valence electrons. The van der Waals surface area contributed by atoms with E-state index in [-0.39, 0.29) is 5.28 Å². The molecule has 0 spiro atoms. The van der Waals surface area contributed by atoms with Crippen LogP contribution in [0.2, 0.25) is 10.4 Å². The van der Waals surface area contributed by atoms with Gasteiger partial charge in [-0.15, -0.1) is 10.2 Å². The van der Waals surface area contributed by atoms with Gasteiger partial charge in [0.15, 0.2) is 11.0 Å². The van der Waals surface area contributed by atoms with Crippen molar-refractivity contribution in [2.45, 2.75) is 32.2 Å². The first-order chi connectivity index (χ1) is 7.22. The second kappa shape index (κ2) is 4.49. The van der Waals surface area contributed by atoms with Gasteiger partial charge >= 0.3 is 0 Å². The predicted molar refractivity (Wildman–Crippen MR) is 60.5 cm³/mol. The van der Waals surface area contributed by atoms with Crippen LogP contribution in [0.1, 0.15) is 26.2 Å². The van der Waals surface area contributed by atoms with E-state index in [1.807, 2.05) is 0 Å². The minimum atomic E-state index is 0.149. The molecule has 1 aromatic heterocycles. The zero-order valence-corrected chi connectivity index (χ0v) is 9.96. The Hall–Kier alpha value is -0.610. The van der Waals surface area contributed by atoms with Gasteiger partial charge in [-0.1, -0.05) is 18.5 Å². The summed E-state index contributed by atoms with van der Waals surface area (Å²) in [6.07, 6.45) is 3.43. The first-order valence-corrected chi connectivity index (χ1v) is 5.80. The number of hydrogen-bond donors (Lipinski definition) is 0. The molecule has 1 heterocycles. The molecular formula is C9H12Cl2N4. The summed E-state index contributed by atoms with van der Waals surface area (Å²) in [6.45, 7) is 3.05. The fourth-order valence-electron chi connectivity index (χ4n) is 1.56. The monoisotopic (exact) mass is 246 g/mol. The van der Waals surface area contributed by atoms with Crippen molar-refractivity contribution in [2.24, 2.45) is 0 Å². The zero-order valence-electron chi connectivity index (χ0n) is 8.45. The van der Waals surface area contributed by atoms with Gasteiger partial charge in [0, 0.05) is 12.6 Å². The number of aromatic nitrogens is 3. The van der Waals surface area contributed by atoms with Crippen molar-refractivity contribution in [2.75, 3.05) is 11.4 Å². The first kappa shape index (κ1) is 10.9. The van der Waals surface area contributed by atoms with E-state index in [2.05, 4.69) is 27.0 Å². The minimum Gasteiger partial charge on any atom is -0.351 e. The second-order valence-corrected chi connectivity index (χ2v) is 4.32. The van der Waals surface area contributed by atoms with Crippen molar-refractivity contribution in [1.29, 1.82) is 0 Å². The molecule has 1 aliphatic rings. The molecule has 2 rings (SSSR count). The normalized spacial score (nSPS) is 15.4. The Kier molecular flexibility index (Phi) is 3.26. The highest BCUT2D eigenvalue weighted by Crippen LogP contribution is 2.33. The van der Waals surface area contributed by atoms with Crippen LogP contribution < -0.4 is 4.90 Å². The molecule has 0 amide bonds. The quantitative estimate of drug-likeness (QED) is 0.819. The molecule has 0 saturated heterocycles. The molecule has 0 bridgehead atoms. The maximum atomic E-state index is 5.96. The fourth-order valence-corrected chi connectivity index (χ4v) is 1.86. The lowest BCUT2D eigenvalue weighted by Gasteiger charge is -2.22. The first-order valence-electron chi connectivity index (χ1n) is 5.04. The Morgan fingerprint density at radius 2 is 2.07 bits per heavy atom. The third-order valence-corrected chi connectivity index (χ3v) is 2.73. The van der Waals surface area contributed by atoms with Crippen LogP contribution >= 0.6 is 23.2 Å². The summed E-state index contributed by atoms with van der Waals surface area (Å²) >= 11 is 11.7. The van der Waals surface area contributed by atoms with Crippen molar-refractivity contribution in [3.05, 3.63) is 10.4 Å². The summed E-state index contributed by atoms with van der Waals surface area (Å²) in [5.74, 6) is 0.668. The van der Waals surface area contributed by atoms with Crippen molar-refractivity contribution < 1.29 is 0 Å². The van der Waals surface area contributed by atoms with Crippen LogP contribution in [0.4, 0.5) is 5.82 Å². The van der Waals surface area contributed by atoms with E-state index >= 15 is 0 Å². The molecule has 0 aromatic carbocycles. The van der Waals surface area contributed by atoms with Gasteiger partial charge in [0.1, 0.15) is 0 Å². The Labute approximate surface area is 98.6 Å². The van der Waals surface area contributed by atoms with E-state index in [9.17, 15) is 0 Å². The highest BCUT2D eigenvalue weighted by atomic mass is 35.5. The number of anilines is 1. The van der Waals surface area contributed by atoms with E-state index in [1.165, 1.54) is 12.8 Å².